The highest BCUT2D eigenvalue weighted by Gasteiger charge is 2.63. The van der Waals surface area contributed by atoms with E-state index >= 15 is 0 Å². The van der Waals surface area contributed by atoms with Crippen molar-refractivity contribution in [3.63, 3.8) is 0 Å². The Hall–Kier alpha value is -1.51. The number of ether oxygens (including phenoxy) is 5. The SMILES string of the molecule is CC(=O)O[C@@H]1[C@H]2OC3O[C@@H]1[C@H](O)[C@H](O3)[C@H]2OCc1ccccc1. The summed E-state index contributed by atoms with van der Waals surface area (Å²) in [6.07, 6.45) is -3.92. The van der Waals surface area contributed by atoms with Crippen molar-refractivity contribution < 1.29 is 33.6 Å². The average molecular weight is 322 g/mol. The van der Waals surface area contributed by atoms with Gasteiger partial charge in [0.25, 0.3) is 6.48 Å². The van der Waals surface area contributed by atoms with Gasteiger partial charge in [-0.1, -0.05) is 30.3 Å². The van der Waals surface area contributed by atoms with Crippen LogP contribution in [0.15, 0.2) is 30.3 Å². The van der Waals surface area contributed by atoms with Gasteiger partial charge in [-0.15, -0.1) is 0 Å². The summed E-state index contributed by atoms with van der Waals surface area (Å²) in [6, 6.07) is 9.66. The van der Waals surface area contributed by atoms with Crippen LogP contribution in [0.4, 0.5) is 0 Å². The Kier molecular flexibility index (Phi) is 3.82. The smallest absolute Gasteiger partial charge is 0.303 e. The second-order valence-corrected chi connectivity index (χ2v) is 5.92. The van der Waals surface area contributed by atoms with E-state index in [1.807, 2.05) is 30.3 Å². The van der Waals surface area contributed by atoms with E-state index in [1.54, 1.807) is 0 Å². The van der Waals surface area contributed by atoms with Crippen LogP contribution in [0.25, 0.3) is 0 Å². The minimum atomic E-state index is -0.934. The number of carbonyl (C=O) groups excluding carboxylic acids is 1. The lowest BCUT2D eigenvalue weighted by atomic mass is 9.82. The molecule has 0 amide bonds. The highest BCUT2D eigenvalue weighted by molar-refractivity contribution is 5.66. The molecule has 4 bridgehead atoms. The minimum Gasteiger partial charge on any atom is -0.457 e. The first-order chi connectivity index (χ1) is 11.1. The Morgan fingerprint density at radius 1 is 1.09 bits per heavy atom. The fraction of sp³-hybridized carbons (Fsp3) is 0.562. The molecule has 5 rings (SSSR count). The summed E-state index contributed by atoms with van der Waals surface area (Å²) in [5, 5.41) is 10.4. The topological polar surface area (TPSA) is 83.5 Å². The van der Waals surface area contributed by atoms with E-state index in [-0.39, 0.29) is 0 Å². The highest BCUT2D eigenvalue weighted by Crippen LogP contribution is 2.42. The van der Waals surface area contributed by atoms with E-state index in [4.69, 9.17) is 23.7 Å². The van der Waals surface area contributed by atoms with Gasteiger partial charge in [0.05, 0.1) is 6.61 Å². The third-order valence-corrected chi connectivity index (χ3v) is 4.36. The molecule has 1 aromatic rings. The zero-order chi connectivity index (χ0) is 16.0. The molecule has 1 N–H and O–H groups in total. The van der Waals surface area contributed by atoms with Gasteiger partial charge in [-0.2, -0.15) is 0 Å². The Morgan fingerprint density at radius 3 is 2.43 bits per heavy atom. The van der Waals surface area contributed by atoms with Crippen molar-refractivity contribution in [2.45, 2.75) is 56.6 Å². The van der Waals surface area contributed by atoms with Crippen LogP contribution < -0.4 is 0 Å². The Balaban J connectivity index is 1.53. The maximum atomic E-state index is 11.3. The fourth-order valence-electron chi connectivity index (χ4n) is 3.37. The van der Waals surface area contributed by atoms with Crippen LogP contribution >= 0.6 is 0 Å². The van der Waals surface area contributed by atoms with Crippen LogP contribution in [0.3, 0.4) is 0 Å². The van der Waals surface area contributed by atoms with Crippen molar-refractivity contribution in [3.8, 4) is 0 Å². The second-order valence-electron chi connectivity index (χ2n) is 5.92. The van der Waals surface area contributed by atoms with Crippen LogP contribution in [0.1, 0.15) is 12.5 Å². The maximum Gasteiger partial charge on any atom is 0.303 e. The molecule has 3 aliphatic heterocycles. The molecule has 7 atom stereocenters. The normalized spacial score (nSPS) is 41.0. The highest BCUT2D eigenvalue weighted by atomic mass is 16.9. The van der Waals surface area contributed by atoms with Gasteiger partial charge in [-0.3, -0.25) is 4.79 Å². The second kappa shape index (κ2) is 5.85. The van der Waals surface area contributed by atoms with Crippen LogP contribution in [-0.4, -0.2) is 54.2 Å². The quantitative estimate of drug-likeness (QED) is 0.801. The maximum absolute atomic E-state index is 11.3. The summed E-state index contributed by atoms with van der Waals surface area (Å²) in [4.78, 5) is 11.3. The van der Waals surface area contributed by atoms with E-state index < -0.39 is 49.1 Å². The number of carbonyl (C=O) groups is 1. The van der Waals surface area contributed by atoms with E-state index in [0.29, 0.717) is 6.61 Å². The molecule has 4 fully saturated rings. The summed E-state index contributed by atoms with van der Waals surface area (Å²) in [6.45, 7) is 0.816. The molecule has 1 aromatic carbocycles. The van der Waals surface area contributed by atoms with Crippen molar-refractivity contribution in [3.05, 3.63) is 35.9 Å². The summed E-state index contributed by atoms with van der Waals surface area (Å²) in [7, 11) is 0. The number of hydrogen-bond donors (Lipinski definition) is 1. The summed E-state index contributed by atoms with van der Waals surface area (Å²) in [5.74, 6) is -0.454. The Bertz CT molecular complexity index is 577. The summed E-state index contributed by atoms with van der Waals surface area (Å²) < 4.78 is 27.8. The molecule has 4 aliphatic rings. The van der Waals surface area contributed by atoms with Crippen molar-refractivity contribution in [1.82, 2.24) is 0 Å². The minimum absolute atomic E-state index is 0.348. The number of esters is 1. The number of aliphatic hydroxyl groups excluding tert-OH is 1. The number of benzene rings is 1. The zero-order valence-electron chi connectivity index (χ0n) is 12.5. The Labute approximate surface area is 133 Å². The molecular weight excluding hydrogens is 304 g/mol. The van der Waals surface area contributed by atoms with Crippen LogP contribution in [0.2, 0.25) is 0 Å². The van der Waals surface area contributed by atoms with Gasteiger partial charge in [-0.05, 0) is 5.56 Å². The van der Waals surface area contributed by atoms with E-state index in [2.05, 4.69) is 0 Å². The standard InChI is InChI=1S/C16H18O7/c1-8(17)20-14-12-10(18)11-13(15(14)23-16(21-11)22-12)19-7-9-5-3-2-4-6-9/h2-6,10-16,18H,7H2,1H3/t10-,11+,12-,13-,14+,15+,16?/m1/s1. The van der Waals surface area contributed by atoms with Gasteiger partial charge in [0.15, 0.2) is 6.10 Å². The lowest BCUT2D eigenvalue weighted by Gasteiger charge is -2.57. The van der Waals surface area contributed by atoms with Gasteiger partial charge in [-0.25, -0.2) is 0 Å². The first-order valence-corrected chi connectivity index (χ1v) is 7.60. The summed E-state index contributed by atoms with van der Waals surface area (Å²) >= 11 is 0. The van der Waals surface area contributed by atoms with Crippen LogP contribution in [0.5, 0.6) is 0 Å². The molecule has 3 saturated heterocycles. The van der Waals surface area contributed by atoms with Crippen molar-refractivity contribution in [1.29, 1.82) is 0 Å². The lowest BCUT2D eigenvalue weighted by molar-refractivity contribution is -0.483. The van der Waals surface area contributed by atoms with Gasteiger partial charge >= 0.3 is 5.97 Å². The molecule has 3 heterocycles. The number of aliphatic hydroxyl groups is 1. The van der Waals surface area contributed by atoms with E-state index in [1.165, 1.54) is 6.92 Å². The predicted molar refractivity (Wildman–Crippen MR) is 75.0 cm³/mol. The molecular formula is C16H18O7. The number of hydrogen-bond acceptors (Lipinski definition) is 7. The lowest BCUT2D eigenvalue weighted by Crippen LogP contribution is -2.76. The molecule has 7 nitrogen and oxygen atoms in total. The molecule has 124 valence electrons. The van der Waals surface area contributed by atoms with Crippen molar-refractivity contribution in [2.75, 3.05) is 0 Å². The van der Waals surface area contributed by atoms with Crippen molar-refractivity contribution in [2.24, 2.45) is 0 Å². The molecule has 23 heavy (non-hydrogen) atoms. The molecule has 1 unspecified atom stereocenters. The third-order valence-electron chi connectivity index (χ3n) is 4.36. The van der Waals surface area contributed by atoms with Gasteiger partial charge in [0.1, 0.15) is 30.5 Å². The largest absolute Gasteiger partial charge is 0.457 e. The fourth-order valence-corrected chi connectivity index (χ4v) is 3.37. The first kappa shape index (κ1) is 15.0. The van der Waals surface area contributed by atoms with Crippen LogP contribution in [-0.2, 0) is 35.1 Å². The summed E-state index contributed by atoms with van der Waals surface area (Å²) in [5.41, 5.74) is 0.996. The van der Waals surface area contributed by atoms with E-state index in [9.17, 15) is 9.90 Å². The van der Waals surface area contributed by atoms with E-state index in [0.717, 1.165) is 5.56 Å². The van der Waals surface area contributed by atoms with Gasteiger partial charge in [0, 0.05) is 6.92 Å². The molecule has 0 radical (unpaired) electrons. The number of rotatable bonds is 4. The molecule has 1 saturated carbocycles. The molecule has 1 aliphatic carbocycles. The van der Waals surface area contributed by atoms with Crippen LogP contribution in [0, 0.1) is 0 Å². The predicted octanol–water partition coefficient (Wildman–Crippen LogP) is 0.344. The third kappa shape index (κ3) is 2.64. The molecule has 7 heteroatoms. The average Bonchev–Trinajstić information content (AvgIpc) is 2.54. The first-order valence-electron chi connectivity index (χ1n) is 7.60. The van der Waals surface area contributed by atoms with Crippen molar-refractivity contribution >= 4 is 5.97 Å². The van der Waals surface area contributed by atoms with Gasteiger partial charge in [0.2, 0.25) is 0 Å². The van der Waals surface area contributed by atoms with Gasteiger partial charge < -0.3 is 28.8 Å². The molecule has 0 spiro atoms. The Morgan fingerprint density at radius 2 is 1.74 bits per heavy atom. The molecule has 0 aromatic heterocycles. The monoisotopic (exact) mass is 322 g/mol. The zero-order valence-corrected chi connectivity index (χ0v) is 12.5.